The molecule has 2 N–H and O–H groups in total. The van der Waals surface area contributed by atoms with Crippen LogP contribution in [0.2, 0.25) is 0 Å². The Morgan fingerprint density at radius 1 is 1.38 bits per heavy atom. The van der Waals surface area contributed by atoms with Crippen LogP contribution in [0.1, 0.15) is 32.6 Å². The Kier molecular flexibility index (Phi) is 2.54. The fourth-order valence-corrected chi connectivity index (χ4v) is 1.94. The van der Waals surface area contributed by atoms with Crippen molar-refractivity contribution in [3.05, 3.63) is 0 Å². The first-order valence-corrected chi connectivity index (χ1v) is 5.31. The second kappa shape index (κ2) is 3.66. The van der Waals surface area contributed by atoms with Gasteiger partial charge in [0.05, 0.1) is 5.92 Å². The monoisotopic (exact) mass is 182 g/mol. The maximum Gasteiger partial charge on any atom is 0.224 e. The normalized spacial score (nSPS) is 34.2. The Labute approximate surface area is 79.3 Å². The van der Waals surface area contributed by atoms with Crippen molar-refractivity contribution in [1.29, 1.82) is 0 Å². The van der Waals surface area contributed by atoms with Gasteiger partial charge in [-0.05, 0) is 39.2 Å². The Morgan fingerprint density at radius 2 is 2.15 bits per heavy atom. The number of carbonyl (C=O) groups excluding carboxylic acids is 1. The summed E-state index contributed by atoms with van der Waals surface area (Å²) in [4.78, 5) is 11.7. The zero-order valence-corrected chi connectivity index (χ0v) is 8.18. The lowest BCUT2D eigenvalue weighted by Gasteiger charge is -2.28. The fourth-order valence-electron chi connectivity index (χ4n) is 1.94. The predicted molar refractivity (Wildman–Crippen MR) is 51.4 cm³/mol. The van der Waals surface area contributed by atoms with Gasteiger partial charge in [-0.1, -0.05) is 0 Å². The van der Waals surface area contributed by atoms with Crippen LogP contribution < -0.4 is 10.6 Å². The quantitative estimate of drug-likeness (QED) is 0.658. The third-order valence-electron chi connectivity index (χ3n) is 3.02. The van der Waals surface area contributed by atoms with Crippen molar-refractivity contribution < 1.29 is 4.79 Å². The van der Waals surface area contributed by atoms with Gasteiger partial charge in [0.15, 0.2) is 0 Å². The zero-order valence-electron chi connectivity index (χ0n) is 8.18. The second-order valence-electron chi connectivity index (χ2n) is 4.27. The van der Waals surface area contributed by atoms with Crippen LogP contribution in [0, 0.1) is 5.92 Å². The van der Waals surface area contributed by atoms with Crippen LogP contribution in [-0.2, 0) is 4.79 Å². The van der Waals surface area contributed by atoms with Crippen molar-refractivity contribution in [2.45, 2.75) is 44.7 Å². The van der Waals surface area contributed by atoms with Gasteiger partial charge in [0.1, 0.15) is 0 Å². The van der Waals surface area contributed by atoms with Crippen LogP contribution in [0.5, 0.6) is 0 Å². The summed E-state index contributed by atoms with van der Waals surface area (Å²) in [6.45, 7) is 3.17. The average molecular weight is 182 g/mol. The van der Waals surface area contributed by atoms with Crippen LogP contribution >= 0.6 is 0 Å². The highest BCUT2D eigenvalue weighted by atomic mass is 16.2. The maximum absolute atomic E-state index is 11.7. The summed E-state index contributed by atoms with van der Waals surface area (Å²) in [7, 11) is 0. The molecule has 0 aromatic heterocycles. The van der Waals surface area contributed by atoms with Gasteiger partial charge < -0.3 is 10.6 Å². The van der Waals surface area contributed by atoms with E-state index in [2.05, 4.69) is 17.6 Å². The number of carbonyl (C=O) groups is 1. The standard InChI is InChI=1S/C10H18N2O/c1-7-9(3-2-6-11-7)10(13)12-8-4-5-8/h7-9,11H,2-6H2,1H3,(H,12,13)/t7-,9-/m1/s1. The van der Waals surface area contributed by atoms with Crippen molar-refractivity contribution in [3.8, 4) is 0 Å². The molecule has 2 rings (SSSR count). The van der Waals surface area contributed by atoms with E-state index in [4.69, 9.17) is 0 Å². The molecule has 0 bridgehead atoms. The topological polar surface area (TPSA) is 41.1 Å². The average Bonchev–Trinajstić information content (AvgIpc) is 2.89. The summed E-state index contributed by atoms with van der Waals surface area (Å²) in [6, 6.07) is 0.856. The van der Waals surface area contributed by atoms with E-state index in [1.807, 2.05) is 0 Å². The van der Waals surface area contributed by atoms with Crippen molar-refractivity contribution in [3.63, 3.8) is 0 Å². The van der Waals surface area contributed by atoms with Crippen LogP contribution in [0.4, 0.5) is 0 Å². The van der Waals surface area contributed by atoms with Gasteiger partial charge in [0.25, 0.3) is 0 Å². The lowest BCUT2D eigenvalue weighted by molar-refractivity contribution is -0.126. The lowest BCUT2D eigenvalue weighted by Crippen LogP contribution is -2.47. The largest absolute Gasteiger partial charge is 0.353 e. The molecule has 3 heteroatoms. The summed E-state index contributed by atoms with van der Waals surface area (Å²) < 4.78 is 0. The highest BCUT2D eigenvalue weighted by Crippen LogP contribution is 2.22. The smallest absolute Gasteiger partial charge is 0.224 e. The minimum atomic E-state index is 0.203. The van der Waals surface area contributed by atoms with Crippen LogP contribution in [0.15, 0.2) is 0 Å². The summed E-state index contributed by atoms with van der Waals surface area (Å²) in [5, 5.41) is 6.42. The van der Waals surface area contributed by atoms with E-state index in [9.17, 15) is 4.79 Å². The molecule has 0 unspecified atom stereocenters. The molecule has 0 aromatic rings. The third-order valence-corrected chi connectivity index (χ3v) is 3.02. The minimum absolute atomic E-state index is 0.203. The van der Waals surface area contributed by atoms with Gasteiger partial charge in [-0.15, -0.1) is 0 Å². The van der Waals surface area contributed by atoms with Crippen molar-refractivity contribution in [1.82, 2.24) is 10.6 Å². The number of amides is 1. The number of rotatable bonds is 2. The third kappa shape index (κ3) is 2.21. The van der Waals surface area contributed by atoms with Crippen LogP contribution in [-0.4, -0.2) is 24.5 Å². The van der Waals surface area contributed by atoms with Crippen LogP contribution in [0.3, 0.4) is 0 Å². The first-order chi connectivity index (χ1) is 6.27. The Bertz CT molecular complexity index is 201. The van der Waals surface area contributed by atoms with Crippen molar-refractivity contribution >= 4 is 5.91 Å². The maximum atomic E-state index is 11.7. The summed E-state index contributed by atoms with van der Waals surface area (Å²) in [5.74, 6) is 0.469. The molecule has 1 heterocycles. The Morgan fingerprint density at radius 3 is 2.77 bits per heavy atom. The molecule has 1 saturated heterocycles. The van der Waals surface area contributed by atoms with E-state index in [0.717, 1.165) is 19.4 Å². The highest BCUT2D eigenvalue weighted by molar-refractivity contribution is 5.80. The molecule has 0 radical (unpaired) electrons. The molecule has 3 nitrogen and oxygen atoms in total. The molecule has 13 heavy (non-hydrogen) atoms. The van der Waals surface area contributed by atoms with E-state index in [0.29, 0.717) is 12.1 Å². The fraction of sp³-hybridized carbons (Fsp3) is 0.900. The van der Waals surface area contributed by atoms with Gasteiger partial charge in [0, 0.05) is 12.1 Å². The summed E-state index contributed by atoms with van der Waals surface area (Å²) in [6.07, 6.45) is 4.54. The SMILES string of the molecule is C[C@H]1NCCC[C@H]1C(=O)NC1CC1. The number of piperidine rings is 1. The molecule has 1 amide bonds. The van der Waals surface area contributed by atoms with Crippen LogP contribution in [0.25, 0.3) is 0 Å². The lowest BCUT2D eigenvalue weighted by atomic mass is 9.91. The number of hydrogen-bond donors (Lipinski definition) is 2. The molecule has 74 valence electrons. The van der Waals surface area contributed by atoms with E-state index < -0.39 is 0 Å². The van der Waals surface area contributed by atoms with Gasteiger partial charge in [-0.2, -0.15) is 0 Å². The van der Waals surface area contributed by atoms with E-state index in [1.54, 1.807) is 0 Å². The molecule has 2 atom stereocenters. The summed E-state index contributed by atoms with van der Waals surface area (Å²) >= 11 is 0. The van der Waals surface area contributed by atoms with Crippen molar-refractivity contribution in [2.24, 2.45) is 5.92 Å². The first-order valence-electron chi connectivity index (χ1n) is 5.31. The molecule has 0 aromatic carbocycles. The predicted octanol–water partition coefficient (Wildman–Crippen LogP) is 0.653. The molecule has 1 saturated carbocycles. The molecule has 1 aliphatic carbocycles. The molecule has 1 aliphatic heterocycles. The van der Waals surface area contributed by atoms with Gasteiger partial charge in [-0.3, -0.25) is 4.79 Å². The van der Waals surface area contributed by atoms with E-state index in [1.165, 1.54) is 12.8 Å². The molecule has 2 aliphatic rings. The van der Waals surface area contributed by atoms with Gasteiger partial charge >= 0.3 is 0 Å². The number of hydrogen-bond acceptors (Lipinski definition) is 2. The first kappa shape index (κ1) is 9.00. The molecular weight excluding hydrogens is 164 g/mol. The Balaban J connectivity index is 1.85. The van der Waals surface area contributed by atoms with Crippen molar-refractivity contribution in [2.75, 3.05) is 6.54 Å². The summed E-state index contributed by atoms with van der Waals surface area (Å²) in [5.41, 5.74) is 0. The van der Waals surface area contributed by atoms with E-state index in [-0.39, 0.29) is 11.8 Å². The Hall–Kier alpha value is -0.570. The highest BCUT2D eigenvalue weighted by Gasteiger charge is 2.31. The molecule has 2 fully saturated rings. The zero-order chi connectivity index (χ0) is 9.26. The minimum Gasteiger partial charge on any atom is -0.353 e. The molecule has 0 spiro atoms. The second-order valence-corrected chi connectivity index (χ2v) is 4.27. The molecular formula is C10H18N2O. The van der Waals surface area contributed by atoms with Gasteiger partial charge in [-0.25, -0.2) is 0 Å². The number of nitrogens with one attached hydrogen (secondary N) is 2. The van der Waals surface area contributed by atoms with E-state index >= 15 is 0 Å². The van der Waals surface area contributed by atoms with Gasteiger partial charge in [0.2, 0.25) is 5.91 Å².